The van der Waals surface area contributed by atoms with E-state index in [1.165, 1.54) is 7.05 Å². The summed E-state index contributed by atoms with van der Waals surface area (Å²) in [4.78, 5) is 11.8. The lowest BCUT2D eigenvalue weighted by atomic mass is 10.3. The fourth-order valence-electron chi connectivity index (χ4n) is 1.64. The summed E-state index contributed by atoms with van der Waals surface area (Å²) in [5.74, 6) is -0.638. The summed E-state index contributed by atoms with van der Waals surface area (Å²) in [6.07, 6.45) is -2.87. The first kappa shape index (κ1) is 14.1. The smallest absolute Gasteiger partial charge is 0.345 e. The third-order valence-corrected chi connectivity index (χ3v) is 2.60. The minimum atomic E-state index is -4.57. The number of aromatic nitrogens is 4. The molecule has 0 aliphatic heterocycles. The van der Waals surface area contributed by atoms with Gasteiger partial charge in [-0.05, 0) is 6.07 Å². The van der Waals surface area contributed by atoms with Crippen LogP contribution in [0, 0.1) is 0 Å². The summed E-state index contributed by atoms with van der Waals surface area (Å²) >= 11 is 0. The quantitative estimate of drug-likeness (QED) is 0.919. The molecule has 2 heterocycles. The van der Waals surface area contributed by atoms with Crippen LogP contribution in [0.25, 0.3) is 0 Å². The normalized spacial score (nSPS) is 11.7. The first-order valence-electron chi connectivity index (χ1n) is 5.65. The number of carbonyl (C=O) groups is 1. The van der Waals surface area contributed by atoms with E-state index in [4.69, 9.17) is 0 Å². The van der Waals surface area contributed by atoms with E-state index >= 15 is 0 Å². The van der Waals surface area contributed by atoms with Crippen molar-refractivity contribution in [1.82, 2.24) is 24.9 Å². The molecule has 0 saturated carbocycles. The van der Waals surface area contributed by atoms with E-state index in [1.807, 2.05) is 0 Å². The van der Waals surface area contributed by atoms with Crippen LogP contribution >= 0.6 is 0 Å². The number of amides is 1. The Labute approximate surface area is 112 Å². The molecule has 0 aliphatic carbocycles. The molecule has 9 heteroatoms. The van der Waals surface area contributed by atoms with E-state index in [0.717, 1.165) is 4.68 Å². The van der Waals surface area contributed by atoms with Crippen LogP contribution in [-0.2, 0) is 26.8 Å². The molecular formula is C11H12F3N5O. The maximum absolute atomic E-state index is 12.5. The number of carbonyl (C=O) groups excluding carboxylic acids is 1. The van der Waals surface area contributed by atoms with Crippen molar-refractivity contribution in [2.75, 3.05) is 0 Å². The zero-order chi connectivity index (χ0) is 14.9. The predicted molar refractivity (Wildman–Crippen MR) is 62.6 cm³/mol. The van der Waals surface area contributed by atoms with E-state index in [-0.39, 0.29) is 12.2 Å². The van der Waals surface area contributed by atoms with Crippen LogP contribution in [0.1, 0.15) is 21.9 Å². The van der Waals surface area contributed by atoms with Crippen LogP contribution in [0.4, 0.5) is 13.2 Å². The third kappa shape index (κ3) is 2.98. The van der Waals surface area contributed by atoms with Crippen molar-refractivity contribution in [3.63, 3.8) is 0 Å². The molecule has 6 nitrogen and oxygen atoms in total. The Kier molecular flexibility index (Phi) is 3.51. The maximum atomic E-state index is 12.5. The zero-order valence-corrected chi connectivity index (χ0v) is 10.8. The van der Waals surface area contributed by atoms with Crippen molar-refractivity contribution in [2.24, 2.45) is 14.1 Å². The SMILES string of the molecule is Cn1ccc(CNC(=O)c2cc(C(F)(F)F)nn2C)n1. The molecule has 0 aromatic carbocycles. The molecule has 0 unspecified atom stereocenters. The molecule has 2 aromatic rings. The maximum Gasteiger partial charge on any atom is 0.435 e. The summed E-state index contributed by atoms with van der Waals surface area (Å²) in [6, 6.07) is 2.42. The number of nitrogens with zero attached hydrogens (tertiary/aromatic N) is 4. The van der Waals surface area contributed by atoms with E-state index in [0.29, 0.717) is 11.8 Å². The van der Waals surface area contributed by atoms with Crippen LogP contribution in [0.5, 0.6) is 0 Å². The molecule has 0 saturated heterocycles. The Morgan fingerprint density at radius 1 is 1.35 bits per heavy atom. The van der Waals surface area contributed by atoms with Gasteiger partial charge in [-0.25, -0.2) is 0 Å². The van der Waals surface area contributed by atoms with E-state index < -0.39 is 17.8 Å². The van der Waals surface area contributed by atoms with Crippen molar-refractivity contribution in [1.29, 1.82) is 0 Å². The molecule has 0 aliphatic rings. The molecule has 1 amide bonds. The van der Waals surface area contributed by atoms with Gasteiger partial charge in [-0.3, -0.25) is 14.2 Å². The highest BCUT2D eigenvalue weighted by Gasteiger charge is 2.35. The fourth-order valence-corrected chi connectivity index (χ4v) is 1.64. The van der Waals surface area contributed by atoms with Gasteiger partial charge in [0, 0.05) is 26.4 Å². The standard InChI is InChI=1S/C11H12F3N5O/c1-18-4-3-7(16-18)6-15-10(20)8-5-9(11(12,13)14)17-19(8)2/h3-5H,6H2,1-2H3,(H,15,20). The van der Waals surface area contributed by atoms with E-state index in [2.05, 4.69) is 15.5 Å². The summed E-state index contributed by atoms with van der Waals surface area (Å²) in [7, 11) is 3.01. The Morgan fingerprint density at radius 2 is 2.05 bits per heavy atom. The number of alkyl halides is 3. The summed E-state index contributed by atoms with van der Waals surface area (Å²) in [5.41, 5.74) is -0.643. The van der Waals surface area contributed by atoms with Crippen LogP contribution in [0.2, 0.25) is 0 Å². The highest BCUT2D eigenvalue weighted by Crippen LogP contribution is 2.28. The van der Waals surface area contributed by atoms with Gasteiger partial charge >= 0.3 is 6.18 Å². The topological polar surface area (TPSA) is 64.7 Å². The predicted octanol–water partition coefficient (Wildman–Crippen LogP) is 1.10. The lowest BCUT2D eigenvalue weighted by Gasteiger charge is -2.02. The van der Waals surface area contributed by atoms with Gasteiger partial charge in [0.25, 0.3) is 5.91 Å². The molecule has 0 bridgehead atoms. The monoisotopic (exact) mass is 287 g/mol. The van der Waals surface area contributed by atoms with Crippen LogP contribution in [0.3, 0.4) is 0 Å². The highest BCUT2D eigenvalue weighted by atomic mass is 19.4. The third-order valence-electron chi connectivity index (χ3n) is 2.60. The fraction of sp³-hybridized carbons (Fsp3) is 0.364. The first-order valence-corrected chi connectivity index (χ1v) is 5.65. The average molecular weight is 287 g/mol. The Hall–Kier alpha value is -2.32. The molecule has 108 valence electrons. The van der Waals surface area contributed by atoms with Crippen molar-refractivity contribution in [3.05, 3.63) is 35.4 Å². The Balaban J connectivity index is 2.08. The number of aryl methyl sites for hydroxylation is 2. The van der Waals surface area contributed by atoms with Gasteiger partial charge in [-0.1, -0.05) is 0 Å². The van der Waals surface area contributed by atoms with Crippen LogP contribution in [0.15, 0.2) is 18.3 Å². The van der Waals surface area contributed by atoms with Gasteiger partial charge in [0.2, 0.25) is 0 Å². The first-order chi connectivity index (χ1) is 9.27. The Bertz CT molecular complexity index is 628. The van der Waals surface area contributed by atoms with Crippen LogP contribution in [-0.4, -0.2) is 25.5 Å². The number of halogens is 3. The minimum Gasteiger partial charge on any atom is -0.345 e. The second-order valence-electron chi connectivity index (χ2n) is 4.20. The molecule has 0 radical (unpaired) electrons. The van der Waals surface area contributed by atoms with Gasteiger partial charge in [0.15, 0.2) is 5.69 Å². The van der Waals surface area contributed by atoms with Crippen LogP contribution < -0.4 is 5.32 Å². The Morgan fingerprint density at radius 3 is 2.55 bits per heavy atom. The molecule has 2 rings (SSSR count). The number of rotatable bonds is 3. The largest absolute Gasteiger partial charge is 0.435 e. The number of hydrogen-bond donors (Lipinski definition) is 1. The van der Waals surface area contributed by atoms with E-state index in [1.54, 1.807) is 24.0 Å². The summed E-state index contributed by atoms with van der Waals surface area (Å²) in [5, 5.41) is 9.81. The van der Waals surface area contributed by atoms with Gasteiger partial charge in [-0.2, -0.15) is 23.4 Å². The lowest BCUT2D eigenvalue weighted by molar-refractivity contribution is -0.141. The average Bonchev–Trinajstić information content (AvgIpc) is 2.92. The highest BCUT2D eigenvalue weighted by molar-refractivity contribution is 5.92. The van der Waals surface area contributed by atoms with Crippen molar-refractivity contribution >= 4 is 5.91 Å². The van der Waals surface area contributed by atoms with Crippen molar-refractivity contribution < 1.29 is 18.0 Å². The second kappa shape index (κ2) is 4.99. The number of hydrogen-bond acceptors (Lipinski definition) is 3. The molecule has 0 fully saturated rings. The zero-order valence-electron chi connectivity index (χ0n) is 10.8. The van der Waals surface area contributed by atoms with E-state index in [9.17, 15) is 18.0 Å². The lowest BCUT2D eigenvalue weighted by Crippen LogP contribution is -2.25. The molecule has 2 aromatic heterocycles. The number of nitrogens with one attached hydrogen (secondary N) is 1. The van der Waals surface area contributed by atoms with Gasteiger partial charge in [-0.15, -0.1) is 0 Å². The van der Waals surface area contributed by atoms with Gasteiger partial charge in [0.05, 0.1) is 12.2 Å². The van der Waals surface area contributed by atoms with Crippen molar-refractivity contribution in [2.45, 2.75) is 12.7 Å². The van der Waals surface area contributed by atoms with Crippen molar-refractivity contribution in [3.8, 4) is 0 Å². The molecule has 0 atom stereocenters. The summed E-state index contributed by atoms with van der Waals surface area (Å²) in [6.45, 7) is 0.131. The second-order valence-corrected chi connectivity index (χ2v) is 4.20. The molecule has 20 heavy (non-hydrogen) atoms. The van der Waals surface area contributed by atoms with Gasteiger partial charge in [0.1, 0.15) is 5.69 Å². The van der Waals surface area contributed by atoms with Gasteiger partial charge < -0.3 is 5.32 Å². The molecule has 0 spiro atoms. The summed E-state index contributed by atoms with van der Waals surface area (Å²) < 4.78 is 39.9. The molecular weight excluding hydrogens is 275 g/mol. The minimum absolute atomic E-state index is 0.131. The molecule has 1 N–H and O–H groups in total.